The van der Waals surface area contributed by atoms with E-state index in [1.165, 1.54) is 13.3 Å². The average Bonchev–Trinajstić information content (AvgIpc) is 2.76. The van der Waals surface area contributed by atoms with Crippen LogP contribution in [-0.4, -0.2) is 51.5 Å². The number of hydrazone groups is 1. The number of fused-ring (bicyclic) bond motifs is 1. The molecule has 0 spiro atoms. The lowest BCUT2D eigenvalue weighted by Gasteiger charge is -2.25. The number of ether oxygens (including phenoxy) is 4. The van der Waals surface area contributed by atoms with Crippen LogP contribution in [-0.2, 0) is 9.59 Å². The van der Waals surface area contributed by atoms with E-state index in [9.17, 15) is 9.59 Å². The number of hydrogen-bond donors (Lipinski definition) is 2. The summed E-state index contributed by atoms with van der Waals surface area (Å²) in [5.41, 5.74) is 3.05. The van der Waals surface area contributed by atoms with Crippen LogP contribution in [0.15, 0.2) is 47.6 Å². The summed E-state index contributed by atoms with van der Waals surface area (Å²) in [6.45, 7) is -0.175. The van der Waals surface area contributed by atoms with Gasteiger partial charge in [-0.15, -0.1) is 0 Å². The summed E-state index contributed by atoms with van der Waals surface area (Å²) in [7, 11) is 3.08. The van der Waals surface area contributed by atoms with Gasteiger partial charge in [0.2, 0.25) is 6.10 Å². The third-order valence-electron chi connectivity index (χ3n) is 4.03. The SMILES string of the molecule is COc1ccc(/C=N\NC(=O)CNC(=O)[C@@H]2COc3ccccc3O2)cc1OC. The van der Waals surface area contributed by atoms with Crippen LogP contribution in [0.3, 0.4) is 0 Å². The number of benzene rings is 2. The van der Waals surface area contributed by atoms with Crippen LogP contribution in [0.1, 0.15) is 5.56 Å². The Hall–Kier alpha value is -3.75. The largest absolute Gasteiger partial charge is 0.493 e. The molecule has 1 heterocycles. The van der Waals surface area contributed by atoms with Crippen LogP contribution in [0.2, 0.25) is 0 Å². The van der Waals surface area contributed by atoms with Crippen molar-refractivity contribution >= 4 is 18.0 Å². The van der Waals surface area contributed by atoms with Gasteiger partial charge in [0.25, 0.3) is 11.8 Å². The number of rotatable bonds is 7. The second-order valence-corrected chi connectivity index (χ2v) is 5.99. The van der Waals surface area contributed by atoms with Gasteiger partial charge in [0, 0.05) is 0 Å². The van der Waals surface area contributed by atoms with Crippen molar-refractivity contribution < 1.29 is 28.5 Å². The van der Waals surface area contributed by atoms with Gasteiger partial charge >= 0.3 is 0 Å². The molecule has 29 heavy (non-hydrogen) atoms. The summed E-state index contributed by atoms with van der Waals surface area (Å²) >= 11 is 0. The number of methoxy groups -OCH3 is 2. The zero-order valence-corrected chi connectivity index (χ0v) is 16.0. The molecular weight excluding hydrogens is 378 g/mol. The summed E-state index contributed by atoms with van der Waals surface area (Å²) in [5.74, 6) is 1.28. The quantitative estimate of drug-likeness (QED) is 0.534. The fraction of sp³-hybridized carbons (Fsp3) is 0.250. The number of carbonyl (C=O) groups excluding carboxylic acids is 2. The molecule has 2 aromatic rings. The summed E-state index contributed by atoms with van der Waals surface area (Å²) in [5, 5.41) is 6.36. The maximum atomic E-state index is 12.2. The Kier molecular flexibility index (Phi) is 6.51. The van der Waals surface area contributed by atoms with E-state index in [2.05, 4.69) is 15.8 Å². The zero-order valence-electron chi connectivity index (χ0n) is 16.0. The van der Waals surface area contributed by atoms with Crippen molar-refractivity contribution in [2.75, 3.05) is 27.4 Å². The summed E-state index contributed by atoms with van der Waals surface area (Å²) < 4.78 is 21.4. The fourth-order valence-corrected chi connectivity index (χ4v) is 2.58. The summed E-state index contributed by atoms with van der Waals surface area (Å²) in [6.07, 6.45) is 0.629. The highest BCUT2D eigenvalue weighted by Gasteiger charge is 2.27. The fourth-order valence-electron chi connectivity index (χ4n) is 2.58. The highest BCUT2D eigenvalue weighted by atomic mass is 16.6. The molecule has 9 heteroatoms. The van der Waals surface area contributed by atoms with E-state index in [-0.39, 0.29) is 13.2 Å². The molecular formula is C20H21N3O6. The molecule has 1 atom stereocenters. The summed E-state index contributed by atoms with van der Waals surface area (Å²) in [4.78, 5) is 24.1. The Morgan fingerprint density at radius 1 is 1.14 bits per heavy atom. The highest BCUT2D eigenvalue weighted by Crippen LogP contribution is 2.30. The van der Waals surface area contributed by atoms with E-state index in [0.29, 0.717) is 28.6 Å². The second-order valence-electron chi connectivity index (χ2n) is 5.99. The lowest BCUT2D eigenvalue weighted by Crippen LogP contribution is -2.46. The van der Waals surface area contributed by atoms with E-state index >= 15 is 0 Å². The number of nitrogens with one attached hydrogen (secondary N) is 2. The van der Waals surface area contributed by atoms with Crippen molar-refractivity contribution in [3.05, 3.63) is 48.0 Å². The van der Waals surface area contributed by atoms with E-state index in [4.69, 9.17) is 18.9 Å². The van der Waals surface area contributed by atoms with E-state index in [1.54, 1.807) is 43.5 Å². The van der Waals surface area contributed by atoms with Gasteiger partial charge in [0.05, 0.1) is 27.0 Å². The highest BCUT2D eigenvalue weighted by molar-refractivity contribution is 5.88. The predicted octanol–water partition coefficient (Wildman–Crippen LogP) is 1.11. The standard InChI is InChI=1S/C20H21N3O6/c1-26-14-8-7-13(9-17(14)27-2)10-22-23-19(24)11-21-20(25)18-12-28-15-5-3-4-6-16(15)29-18/h3-10,18H,11-12H2,1-2H3,(H,21,25)(H,23,24)/b22-10-/t18-/m0/s1. The van der Waals surface area contributed by atoms with Crippen LogP contribution < -0.4 is 29.7 Å². The van der Waals surface area contributed by atoms with Crippen LogP contribution in [0.5, 0.6) is 23.0 Å². The van der Waals surface area contributed by atoms with Crippen molar-refractivity contribution in [3.63, 3.8) is 0 Å². The molecule has 2 amide bonds. The van der Waals surface area contributed by atoms with Crippen molar-refractivity contribution in [2.24, 2.45) is 5.10 Å². The molecule has 0 unspecified atom stereocenters. The molecule has 0 fully saturated rings. The average molecular weight is 399 g/mol. The Labute approximate surface area is 167 Å². The first kappa shape index (κ1) is 20.0. The first-order chi connectivity index (χ1) is 14.1. The van der Waals surface area contributed by atoms with Crippen LogP contribution in [0.25, 0.3) is 0 Å². The van der Waals surface area contributed by atoms with Gasteiger partial charge in [-0.3, -0.25) is 9.59 Å². The molecule has 0 saturated carbocycles. The number of nitrogens with zero attached hydrogens (tertiary/aromatic N) is 1. The van der Waals surface area contributed by atoms with Gasteiger partial charge in [0.1, 0.15) is 6.61 Å². The smallest absolute Gasteiger partial charge is 0.265 e. The molecule has 0 saturated heterocycles. The molecule has 0 radical (unpaired) electrons. The lowest BCUT2D eigenvalue weighted by atomic mass is 10.2. The van der Waals surface area contributed by atoms with Gasteiger partial charge < -0.3 is 24.3 Å². The molecule has 0 aliphatic carbocycles. The predicted molar refractivity (Wildman–Crippen MR) is 105 cm³/mol. The first-order valence-corrected chi connectivity index (χ1v) is 8.81. The molecule has 152 valence electrons. The number of hydrogen-bond acceptors (Lipinski definition) is 7. The Bertz CT molecular complexity index is 915. The van der Waals surface area contributed by atoms with Crippen molar-refractivity contribution in [1.29, 1.82) is 0 Å². The molecule has 1 aliphatic heterocycles. The maximum Gasteiger partial charge on any atom is 0.265 e. The first-order valence-electron chi connectivity index (χ1n) is 8.81. The van der Waals surface area contributed by atoms with Gasteiger partial charge in [-0.05, 0) is 35.9 Å². The van der Waals surface area contributed by atoms with E-state index in [0.717, 1.165) is 0 Å². The molecule has 9 nitrogen and oxygen atoms in total. The normalized spacial score (nSPS) is 14.9. The minimum atomic E-state index is -0.826. The Balaban J connectivity index is 1.45. The third-order valence-corrected chi connectivity index (χ3v) is 4.03. The van der Waals surface area contributed by atoms with Crippen LogP contribution in [0.4, 0.5) is 0 Å². The monoisotopic (exact) mass is 399 g/mol. The van der Waals surface area contributed by atoms with Crippen molar-refractivity contribution in [2.45, 2.75) is 6.10 Å². The van der Waals surface area contributed by atoms with Gasteiger partial charge in [0.15, 0.2) is 23.0 Å². The van der Waals surface area contributed by atoms with Gasteiger partial charge in [-0.25, -0.2) is 5.43 Å². The maximum absolute atomic E-state index is 12.2. The zero-order chi connectivity index (χ0) is 20.6. The number of amides is 2. The Morgan fingerprint density at radius 3 is 2.66 bits per heavy atom. The van der Waals surface area contributed by atoms with E-state index in [1.807, 2.05) is 6.07 Å². The van der Waals surface area contributed by atoms with Gasteiger partial charge in [-0.2, -0.15) is 5.10 Å². The molecule has 3 rings (SSSR count). The third kappa shape index (κ3) is 5.16. The van der Waals surface area contributed by atoms with Crippen molar-refractivity contribution in [3.8, 4) is 23.0 Å². The molecule has 1 aliphatic rings. The number of carbonyl (C=O) groups is 2. The lowest BCUT2D eigenvalue weighted by molar-refractivity contribution is -0.132. The molecule has 2 aromatic carbocycles. The number of para-hydroxylation sites is 2. The minimum Gasteiger partial charge on any atom is -0.493 e. The second kappa shape index (κ2) is 9.45. The molecule has 2 N–H and O–H groups in total. The molecule has 0 aromatic heterocycles. The van der Waals surface area contributed by atoms with Gasteiger partial charge in [-0.1, -0.05) is 12.1 Å². The topological polar surface area (TPSA) is 107 Å². The Morgan fingerprint density at radius 2 is 1.90 bits per heavy atom. The van der Waals surface area contributed by atoms with Crippen LogP contribution >= 0.6 is 0 Å². The van der Waals surface area contributed by atoms with Crippen LogP contribution in [0, 0.1) is 0 Å². The summed E-state index contributed by atoms with van der Waals surface area (Å²) in [6, 6.07) is 12.3. The molecule has 0 bridgehead atoms. The minimum absolute atomic E-state index is 0.0714. The van der Waals surface area contributed by atoms with E-state index < -0.39 is 17.9 Å². The van der Waals surface area contributed by atoms with Crippen molar-refractivity contribution in [1.82, 2.24) is 10.7 Å².